The van der Waals surface area contributed by atoms with Crippen molar-refractivity contribution in [1.82, 2.24) is 24.5 Å². The Morgan fingerprint density at radius 1 is 1.13 bits per heavy atom. The van der Waals surface area contributed by atoms with Crippen LogP contribution in [0.25, 0.3) is 22.3 Å². The van der Waals surface area contributed by atoms with Crippen LogP contribution in [0.1, 0.15) is 10.4 Å². The second-order valence-electron chi connectivity index (χ2n) is 7.41. The molecule has 5 rings (SSSR count). The topological polar surface area (TPSA) is 88.8 Å². The quantitative estimate of drug-likeness (QED) is 0.545. The van der Waals surface area contributed by atoms with Crippen molar-refractivity contribution in [2.24, 2.45) is 7.05 Å². The fraction of sp³-hybridized carbons (Fsp3) is 0.190. The largest absolute Gasteiger partial charge is 0.357 e. The van der Waals surface area contributed by atoms with E-state index < -0.39 is 5.92 Å². The summed E-state index contributed by atoms with van der Waals surface area (Å²) < 4.78 is 28.8. The lowest BCUT2D eigenvalue weighted by atomic mass is 10.1. The standard InChI is InChI=1S/C21H17F2N7O/c1-29-12-25-9-17(29)19-16(30-10-21(22,23)11-30)6-14-8-26-18(7-15(14)27-19)28-20(31)13-2-4-24-5-3-13/h2-9,12H,10-11H2,1H3,(H,26,28,31). The number of nitrogens with zero attached hydrogens (tertiary/aromatic N) is 6. The van der Waals surface area contributed by atoms with E-state index in [4.69, 9.17) is 4.98 Å². The molecule has 0 atom stereocenters. The molecule has 0 aromatic carbocycles. The smallest absolute Gasteiger partial charge is 0.282 e. The number of nitrogens with one attached hydrogen (secondary N) is 1. The van der Waals surface area contributed by atoms with Gasteiger partial charge in [0.1, 0.15) is 11.5 Å². The Bertz CT molecular complexity index is 1280. The van der Waals surface area contributed by atoms with Gasteiger partial charge in [0.05, 0.1) is 42.5 Å². The van der Waals surface area contributed by atoms with Crippen LogP contribution in [0.4, 0.5) is 20.3 Å². The normalized spacial score (nSPS) is 15.0. The molecule has 0 radical (unpaired) electrons. The zero-order chi connectivity index (χ0) is 21.6. The first-order chi connectivity index (χ1) is 14.9. The van der Waals surface area contributed by atoms with E-state index in [2.05, 4.69) is 20.3 Å². The van der Waals surface area contributed by atoms with Crippen LogP contribution in [-0.2, 0) is 7.05 Å². The molecule has 0 saturated carbocycles. The summed E-state index contributed by atoms with van der Waals surface area (Å²) in [5, 5.41) is 3.42. The van der Waals surface area contributed by atoms with Gasteiger partial charge in [0.25, 0.3) is 11.8 Å². The van der Waals surface area contributed by atoms with Crippen molar-refractivity contribution in [3.8, 4) is 11.4 Å². The number of halogens is 2. The number of hydrogen-bond donors (Lipinski definition) is 1. The molecule has 1 aliphatic heterocycles. The molecule has 0 spiro atoms. The zero-order valence-electron chi connectivity index (χ0n) is 16.5. The molecule has 1 aliphatic rings. The molecule has 1 amide bonds. The number of imidazole rings is 1. The van der Waals surface area contributed by atoms with E-state index >= 15 is 0 Å². The van der Waals surface area contributed by atoms with Gasteiger partial charge in [0.15, 0.2) is 0 Å². The average molecular weight is 421 g/mol. The lowest BCUT2D eigenvalue weighted by Gasteiger charge is -2.41. The highest BCUT2D eigenvalue weighted by molar-refractivity contribution is 6.04. The Balaban J connectivity index is 1.54. The summed E-state index contributed by atoms with van der Waals surface area (Å²) in [5.74, 6) is -2.69. The predicted molar refractivity (Wildman–Crippen MR) is 111 cm³/mol. The Labute approximate surface area is 175 Å². The number of carbonyl (C=O) groups is 1. The number of pyridine rings is 3. The highest BCUT2D eigenvalue weighted by Gasteiger charge is 2.45. The van der Waals surface area contributed by atoms with E-state index in [0.717, 1.165) is 0 Å². The maximum absolute atomic E-state index is 13.5. The Kier molecular flexibility index (Phi) is 4.35. The Morgan fingerprint density at radius 3 is 2.58 bits per heavy atom. The third-order valence-corrected chi connectivity index (χ3v) is 5.11. The number of alkyl halides is 2. The fourth-order valence-electron chi connectivity index (χ4n) is 3.51. The molecule has 31 heavy (non-hydrogen) atoms. The number of amides is 1. The molecule has 4 aromatic heterocycles. The molecule has 0 bridgehead atoms. The van der Waals surface area contributed by atoms with E-state index in [0.29, 0.717) is 39.4 Å². The first-order valence-corrected chi connectivity index (χ1v) is 9.51. The lowest BCUT2D eigenvalue weighted by molar-refractivity contribution is -0.0262. The van der Waals surface area contributed by atoms with E-state index in [1.54, 1.807) is 52.5 Å². The van der Waals surface area contributed by atoms with Gasteiger partial charge in [0, 0.05) is 42.7 Å². The molecule has 5 heterocycles. The highest BCUT2D eigenvalue weighted by atomic mass is 19.3. The summed E-state index contributed by atoms with van der Waals surface area (Å²) in [6, 6.07) is 6.65. The Morgan fingerprint density at radius 2 is 1.90 bits per heavy atom. The van der Waals surface area contributed by atoms with Gasteiger partial charge in [-0.25, -0.2) is 23.7 Å². The van der Waals surface area contributed by atoms with Gasteiger partial charge >= 0.3 is 0 Å². The first kappa shape index (κ1) is 19.0. The number of carbonyl (C=O) groups excluding carboxylic acids is 1. The van der Waals surface area contributed by atoms with Gasteiger partial charge in [-0.1, -0.05) is 0 Å². The van der Waals surface area contributed by atoms with Crippen molar-refractivity contribution in [3.05, 3.63) is 60.9 Å². The highest BCUT2D eigenvalue weighted by Crippen LogP contribution is 2.38. The van der Waals surface area contributed by atoms with Crippen molar-refractivity contribution in [1.29, 1.82) is 0 Å². The summed E-state index contributed by atoms with van der Waals surface area (Å²) in [7, 11) is 1.82. The second-order valence-corrected chi connectivity index (χ2v) is 7.41. The maximum Gasteiger partial charge on any atom is 0.282 e. The molecule has 156 valence electrons. The molecular weight excluding hydrogens is 404 g/mol. The number of hydrogen-bond acceptors (Lipinski definition) is 6. The van der Waals surface area contributed by atoms with Crippen molar-refractivity contribution in [3.63, 3.8) is 0 Å². The van der Waals surface area contributed by atoms with Crippen LogP contribution in [0.5, 0.6) is 0 Å². The molecule has 1 saturated heterocycles. The summed E-state index contributed by atoms with van der Waals surface area (Å²) in [5.41, 5.74) is 2.87. The number of fused-ring (bicyclic) bond motifs is 1. The average Bonchev–Trinajstić information content (AvgIpc) is 3.17. The van der Waals surface area contributed by atoms with Crippen LogP contribution in [0.2, 0.25) is 0 Å². The maximum atomic E-state index is 13.5. The molecule has 8 nitrogen and oxygen atoms in total. The lowest BCUT2D eigenvalue weighted by Crippen LogP contribution is -2.56. The van der Waals surface area contributed by atoms with Crippen molar-refractivity contribution >= 4 is 28.3 Å². The Hall–Kier alpha value is -3.95. The third kappa shape index (κ3) is 3.56. The minimum atomic E-state index is -2.71. The van der Waals surface area contributed by atoms with Gasteiger partial charge in [-0.15, -0.1) is 0 Å². The number of aryl methyl sites for hydroxylation is 1. The van der Waals surface area contributed by atoms with Gasteiger partial charge in [-0.3, -0.25) is 9.78 Å². The molecular formula is C21H17F2N7O. The van der Waals surface area contributed by atoms with Gasteiger partial charge < -0.3 is 14.8 Å². The van der Waals surface area contributed by atoms with Gasteiger partial charge in [-0.05, 0) is 18.2 Å². The summed E-state index contributed by atoms with van der Waals surface area (Å²) >= 11 is 0. The molecule has 0 unspecified atom stereocenters. The molecule has 0 aliphatic carbocycles. The van der Waals surface area contributed by atoms with Crippen molar-refractivity contribution in [2.75, 3.05) is 23.3 Å². The molecule has 10 heteroatoms. The van der Waals surface area contributed by atoms with Gasteiger partial charge in [-0.2, -0.15) is 0 Å². The second kappa shape index (κ2) is 7.08. The molecule has 4 aromatic rings. The van der Waals surface area contributed by atoms with Crippen LogP contribution in [0, 0.1) is 0 Å². The first-order valence-electron chi connectivity index (χ1n) is 9.51. The fourth-order valence-corrected chi connectivity index (χ4v) is 3.51. The summed E-state index contributed by atoms with van der Waals surface area (Å²) in [6.45, 7) is -0.725. The monoisotopic (exact) mass is 421 g/mol. The van der Waals surface area contributed by atoms with E-state index in [9.17, 15) is 13.6 Å². The van der Waals surface area contributed by atoms with Crippen LogP contribution >= 0.6 is 0 Å². The third-order valence-electron chi connectivity index (χ3n) is 5.11. The van der Waals surface area contributed by atoms with E-state index in [1.165, 1.54) is 12.4 Å². The zero-order valence-corrected chi connectivity index (χ0v) is 16.5. The van der Waals surface area contributed by atoms with Crippen LogP contribution < -0.4 is 10.2 Å². The van der Waals surface area contributed by atoms with Crippen LogP contribution in [0.15, 0.2) is 55.4 Å². The predicted octanol–water partition coefficient (Wildman–Crippen LogP) is 3.13. The number of rotatable bonds is 4. The molecule has 1 fully saturated rings. The minimum absolute atomic E-state index is 0.319. The summed E-state index contributed by atoms with van der Waals surface area (Å²) in [6.07, 6.45) is 7.90. The van der Waals surface area contributed by atoms with Crippen molar-refractivity contribution < 1.29 is 13.6 Å². The SMILES string of the molecule is Cn1cncc1-c1nc2cc(NC(=O)c3ccncc3)ncc2cc1N1CC(F)(F)C1. The minimum Gasteiger partial charge on any atom is -0.357 e. The molecule has 1 N–H and O–H groups in total. The van der Waals surface area contributed by atoms with Crippen molar-refractivity contribution in [2.45, 2.75) is 5.92 Å². The summed E-state index contributed by atoms with van der Waals surface area (Å²) in [4.78, 5) is 31.0. The van der Waals surface area contributed by atoms with Crippen LogP contribution in [-0.4, -0.2) is 49.4 Å². The van der Waals surface area contributed by atoms with Gasteiger partial charge in [0.2, 0.25) is 0 Å². The number of aromatic nitrogens is 5. The van der Waals surface area contributed by atoms with E-state index in [-0.39, 0.29) is 19.0 Å². The van der Waals surface area contributed by atoms with E-state index in [1.807, 2.05) is 7.05 Å². The number of anilines is 2. The van der Waals surface area contributed by atoms with Crippen LogP contribution in [0.3, 0.4) is 0 Å².